The van der Waals surface area contributed by atoms with Crippen LogP contribution in [0.2, 0.25) is 0 Å². The van der Waals surface area contributed by atoms with E-state index in [0.717, 1.165) is 24.8 Å². The van der Waals surface area contributed by atoms with Crippen LogP contribution in [0.3, 0.4) is 0 Å². The van der Waals surface area contributed by atoms with Gasteiger partial charge in [-0.05, 0) is 30.0 Å². The van der Waals surface area contributed by atoms with Crippen molar-refractivity contribution in [3.8, 4) is 5.75 Å². The van der Waals surface area contributed by atoms with Gasteiger partial charge in [0.2, 0.25) is 0 Å². The van der Waals surface area contributed by atoms with Gasteiger partial charge in [-0.3, -0.25) is 0 Å². The molecule has 1 aliphatic carbocycles. The standard InChI is InChI=1S/C12H13FO2/c13-10-6-11-8(1-4-15-11)5-9(10)7-12(14)2-3-12/h5-6,14H,1-4,7H2. The summed E-state index contributed by atoms with van der Waals surface area (Å²) in [5.41, 5.74) is 1.06. The average Bonchev–Trinajstić information content (AvgIpc) is 2.74. The van der Waals surface area contributed by atoms with Crippen molar-refractivity contribution in [2.45, 2.75) is 31.3 Å². The molecular formula is C12H13FO2. The summed E-state index contributed by atoms with van der Waals surface area (Å²) >= 11 is 0. The zero-order valence-electron chi connectivity index (χ0n) is 8.42. The molecule has 0 atom stereocenters. The molecule has 0 aromatic heterocycles. The molecule has 2 aliphatic rings. The van der Waals surface area contributed by atoms with Crippen LogP contribution in [-0.2, 0) is 12.8 Å². The maximum Gasteiger partial charge on any atom is 0.130 e. The molecule has 1 N–H and O–H groups in total. The Morgan fingerprint density at radius 1 is 1.40 bits per heavy atom. The maximum atomic E-state index is 13.6. The summed E-state index contributed by atoms with van der Waals surface area (Å²) in [6.45, 7) is 0.641. The molecule has 1 saturated carbocycles. The van der Waals surface area contributed by atoms with Gasteiger partial charge in [-0.25, -0.2) is 4.39 Å². The first-order valence-electron chi connectivity index (χ1n) is 5.33. The van der Waals surface area contributed by atoms with Gasteiger partial charge in [0, 0.05) is 18.9 Å². The number of hydrogen-bond acceptors (Lipinski definition) is 2. The molecule has 15 heavy (non-hydrogen) atoms. The molecule has 1 heterocycles. The van der Waals surface area contributed by atoms with Crippen molar-refractivity contribution in [1.29, 1.82) is 0 Å². The van der Waals surface area contributed by atoms with Crippen LogP contribution in [0.4, 0.5) is 4.39 Å². The topological polar surface area (TPSA) is 29.5 Å². The van der Waals surface area contributed by atoms with Crippen LogP contribution in [-0.4, -0.2) is 17.3 Å². The predicted octanol–water partition coefficient (Wildman–Crippen LogP) is 1.83. The summed E-state index contributed by atoms with van der Waals surface area (Å²) < 4.78 is 18.9. The lowest BCUT2D eigenvalue weighted by Gasteiger charge is -2.10. The molecule has 2 nitrogen and oxygen atoms in total. The van der Waals surface area contributed by atoms with Gasteiger partial charge in [0.25, 0.3) is 0 Å². The Bertz CT molecular complexity index is 410. The van der Waals surface area contributed by atoms with E-state index in [2.05, 4.69) is 0 Å². The lowest BCUT2D eigenvalue weighted by Crippen LogP contribution is -2.12. The molecule has 1 aromatic carbocycles. The lowest BCUT2D eigenvalue weighted by atomic mass is 10.0. The fourth-order valence-corrected chi connectivity index (χ4v) is 2.06. The fraction of sp³-hybridized carbons (Fsp3) is 0.500. The predicted molar refractivity (Wildman–Crippen MR) is 53.5 cm³/mol. The number of ether oxygens (including phenoxy) is 1. The number of halogens is 1. The van der Waals surface area contributed by atoms with E-state index < -0.39 is 5.60 Å². The smallest absolute Gasteiger partial charge is 0.130 e. The molecule has 0 radical (unpaired) electrons. The molecule has 3 rings (SSSR count). The SMILES string of the molecule is OC1(Cc2cc3c(cc2F)OCC3)CC1. The number of benzene rings is 1. The average molecular weight is 208 g/mol. The van der Waals surface area contributed by atoms with E-state index in [9.17, 15) is 9.50 Å². The molecule has 0 bridgehead atoms. The van der Waals surface area contributed by atoms with Crippen molar-refractivity contribution in [3.63, 3.8) is 0 Å². The second kappa shape index (κ2) is 2.95. The Balaban J connectivity index is 1.94. The van der Waals surface area contributed by atoms with E-state index in [1.54, 1.807) is 0 Å². The van der Waals surface area contributed by atoms with Gasteiger partial charge in [-0.15, -0.1) is 0 Å². The van der Waals surface area contributed by atoms with Crippen molar-refractivity contribution < 1.29 is 14.2 Å². The van der Waals surface area contributed by atoms with E-state index in [4.69, 9.17) is 4.74 Å². The van der Waals surface area contributed by atoms with E-state index in [1.807, 2.05) is 6.07 Å². The molecule has 1 aromatic rings. The van der Waals surface area contributed by atoms with Crippen LogP contribution in [0.5, 0.6) is 5.75 Å². The van der Waals surface area contributed by atoms with Crippen molar-refractivity contribution >= 4 is 0 Å². The maximum absolute atomic E-state index is 13.6. The van der Waals surface area contributed by atoms with Gasteiger partial charge in [0.15, 0.2) is 0 Å². The summed E-state index contributed by atoms with van der Waals surface area (Å²) in [6, 6.07) is 3.29. The zero-order valence-corrected chi connectivity index (χ0v) is 8.42. The molecular weight excluding hydrogens is 195 g/mol. The highest BCUT2D eigenvalue weighted by Crippen LogP contribution is 2.40. The van der Waals surface area contributed by atoms with Crippen molar-refractivity contribution in [2.24, 2.45) is 0 Å². The molecule has 0 unspecified atom stereocenters. The summed E-state index contributed by atoms with van der Waals surface area (Å²) in [6.07, 6.45) is 2.87. The van der Waals surface area contributed by atoms with E-state index in [-0.39, 0.29) is 5.82 Å². The van der Waals surface area contributed by atoms with Crippen LogP contribution in [0.1, 0.15) is 24.0 Å². The van der Waals surface area contributed by atoms with Crippen LogP contribution in [0.15, 0.2) is 12.1 Å². The minimum atomic E-state index is -0.630. The van der Waals surface area contributed by atoms with Gasteiger partial charge in [0.1, 0.15) is 11.6 Å². The van der Waals surface area contributed by atoms with Gasteiger partial charge in [0.05, 0.1) is 12.2 Å². The van der Waals surface area contributed by atoms with Crippen molar-refractivity contribution in [1.82, 2.24) is 0 Å². The monoisotopic (exact) mass is 208 g/mol. The summed E-state index contributed by atoms with van der Waals surface area (Å²) in [5.74, 6) is 0.412. The lowest BCUT2D eigenvalue weighted by molar-refractivity contribution is 0.149. The van der Waals surface area contributed by atoms with Gasteiger partial charge in [-0.2, -0.15) is 0 Å². The summed E-state index contributed by atoms with van der Waals surface area (Å²) in [4.78, 5) is 0. The molecule has 80 valence electrons. The first-order valence-corrected chi connectivity index (χ1v) is 5.33. The molecule has 0 amide bonds. The summed E-state index contributed by atoms with van der Waals surface area (Å²) in [5, 5.41) is 9.76. The molecule has 0 saturated heterocycles. The number of fused-ring (bicyclic) bond motifs is 1. The highest BCUT2D eigenvalue weighted by Gasteiger charge is 2.41. The Kier molecular flexibility index (Phi) is 1.80. The Morgan fingerprint density at radius 3 is 2.93 bits per heavy atom. The second-order valence-corrected chi connectivity index (χ2v) is 4.55. The van der Waals surface area contributed by atoms with E-state index in [0.29, 0.717) is 24.3 Å². The molecule has 1 aliphatic heterocycles. The van der Waals surface area contributed by atoms with Gasteiger partial charge >= 0.3 is 0 Å². The van der Waals surface area contributed by atoms with Crippen LogP contribution in [0, 0.1) is 5.82 Å². The second-order valence-electron chi connectivity index (χ2n) is 4.55. The number of rotatable bonds is 2. The minimum absolute atomic E-state index is 0.254. The first-order chi connectivity index (χ1) is 7.16. The molecule has 1 fully saturated rings. The highest BCUT2D eigenvalue weighted by atomic mass is 19.1. The normalized spacial score (nSPS) is 20.9. The quantitative estimate of drug-likeness (QED) is 0.803. The van der Waals surface area contributed by atoms with Crippen LogP contribution < -0.4 is 4.74 Å². The van der Waals surface area contributed by atoms with Gasteiger partial charge < -0.3 is 9.84 Å². The Hall–Kier alpha value is -1.09. The Labute approximate surface area is 87.7 Å². The van der Waals surface area contributed by atoms with Crippen LogP contribution in [0.25, 0.3) is 0 Å². The fourth-order valence-electron chi connectivity index (χ4n) is 2.06. The van der Waals surface area contributed by atoms with E-state index in [1.165, 1.54) is 6.07 Å². The van der Waals surface area contributed by atoms with Crippen LogP contribution >= 0.6 is 0 Å². The third-order valence-corrected chi connectivity index (χ3v) is 3.21. The molecule has 3 heteroatoms. The largest absolute Gasteiger partial charge is 0.493 e. The number of aliphatic hydroxyl groups is 1. The first kappa shape index (κ1) is 9.16. The van der Waals surface area contributed by atoms with E-state index >= 15 is 0 Å². The third-order valence-electron chi connectivity index (χ3n) is 3.21. The highest BCUT2D eigenvalue weighted by molar-refractivity contribution is 5.41. The van der Waals surface area contributed by atoms with Gasteiger partial charge in [-0.1, -0.05) is 0 Å². The summed E-state index contributed by atoms with van der Waals surface area (Å²) in [7, 11) is 0. The van der Waals surface area contributed by atoms with Crippen molar-refractivity contribution in [2.75, 3.05) is 6.61 Å². The van der Waals surface area contributed by atoms with Crippen molar-refractivity contribution in [3.05, 3.63) is 29.1 Å². The molecule has 0 spiro atoms. The Morgan fingerprint density at radius 2 is 2.20 bits per heavy atom. The minimum Gasteiger partial charge on any atom is -0.493 e. The zero-order chi connectivity index (χ0) is 10.5. The third kappa shape index (κ3) is 1.61. The number of hydrogen-bond donors (Lipinski definition) is 1.